The number of carbonyl (C=O) groups is 3. The monoisotopic (exact) mass is 442 g/mol. The molecule has 1 atom stereocenters. The van der Waals surface area contributed by atoms with E-state index >= 15 is 0 Å². The molecule has 0 unspecified atom stereocenters. The molecule has 0 radical (unpaired) electrons. The molecule has 2 rings (SSSR count). The summed E-state index contributed by atoms with van der Waals surface area (Å²) >= 11 is 0. The van der Waals surface area contributed by atoms with Gasteiger partial charge in [-0.1, -0.05) is 60.7 Å². The standard InChI is InChI=1S/C24H30N2O6/c1-19(27)32-18-26(24(29)31-3)22(14-23(28)30-2)17-25(15-20-10-6-4-7-11-20)16-21-12-8-5-9-13-21/h4-13,22H,14-18H2,1-3H3/t22-/m0/s1. The number of benzene rings is 2. The molecule has 0 N–H and O–H groups in total. The molecule has 172 valence electrons. The summed E-state index contributed by atoms with van der Waals surface area (Å²) in [4.78, 5) is 39.3. The first-order chi connectivity index (χ1) is 15.4. The van der Waals surface area contributed by atoms with Crippen molar-refractivity contribution in [3.05, 3.63) is 71.8 Å². The fourth-order valence-electron chi connectivity index (χ4n) is 3.30. The quantitative estimate of drug-likeness (QED) is 0.300. The van der Waals surface area contributed by atoms with E-state index in [1.165, 1.54) is 26.0 Å². The summed E-state index contributed by atoms with van der Waals surface area (Å²) in [6.07, 6.45) is -0.771. The summed E-state index contributed by atoms with van der Waals surface area (Å²) in [6.45, 7) is 2.44. The predicted octanol–water partition coefficient (Wildman–Crippen LogP) is 3.21. The number of carbonyl (C=O) groups excluding carboxylic acids is 3. The average Bonchev–Trinajstić information content (AvgIpc) is 2.79. The van der Waals surface area contributed by atoms with E-state index < -0.39 is 24.1 Å². The molecule has 0 bridgehead atoms. The topological polar surface area (TPSA) is 85.4 Å². The molecule has 2 aromatic rings. The smallest absolute Gasteiger partial charge is 0.412 e. The highest BCUT2D eigenvalue weighted by atomic mass is 16.6. The number of amides is 1. The van der Waals surface area contributed by atoms with Crippen LogP contribution in [0.2, 0.25) is 0 Å². The molecule has 0 saturated heterocycles. The van der Waals surface area contributed by atoms with Gasteiger partial charge in [0.1, 0.15) is 0 Å². The van der Waals surface area contributed by atoms with Crippen LogP contribution in [0.1, 0.15) is 24.5 Å². The molecule has 0 aliphatic heterocycles. The maximum Gasteiger partial charge on any atom is 0.412 e. The van der Waals surface area contributed by atoms with Crippen LogP contribution in [0, 0.1) is 0 Å². The molecule has 0 spiro atoms. The first kappa shape index (κ1) is 24.9. The normalized spacial score (nSPS) is 11.5. The van der Waals surface area contributed by atoms with Gasteiger partial charge in [0.2, 0.25) is 0 Å². The van der Waals surface area contributed by atoms with Gasteiger partial charge in [-0.3, -0.25) is 19.4 Å². The van der Waals surface area contributed by atoms with Crippen molar-refractivity contribution in [2.45, 2.75) is 32.5 Å². The van der Waals surface area contributed by atoms with Crippen molar-refractivity contribution in [3.8, 4) is 0 Å². The Bertz CT molecular complexity index is 818. The Morgan fingerprint density at radius 3 is 1.81 bits per heavy atom. The fraction of sp³-hybridized carbons (Fsp3) is 0.375. The van der Waals surface area contributed by atoms with Crippen LogP contribution in [0.25, 0.3) is 0 Å². The van der Waals surface area contributed by atoms with Crippen LogP contribution >= 0.6 is 0 Å². The van der Waals surface area contributed by atoms with Crippen molar-refractivity contribution < 1.29 is 28.6 Å². The van der Waals surface area contributed by atoms with E-state index in [-0.39, 0.29) is 13.2 Å². The van der Waals surface area contributed by atoms with Crippen molar-refractivity contribution in [3.63, 3.8) is 0 Å². The summed E-state index contributed by atoms with van der Waals surface area (Å²) in [5.74, 6) is -1.02. The molecule has 2 aromatic carbocycles. The van der Waals surface area contributed by atoms with Crippen LogP contribution in [0.15, 0.2) is 60.7 Å². The van der Waals surface area contributed by atoms with E-state index in [0.717, 1.165) is 11.1 Å². The lowest BCUT2D eigenvalue weighted by Gasteiger charge is -2.34. The van der Waals surface area contributed by atoms with Crippen LogP contribution in [0.4, 0.5) is 4.79 Å². The lowest BCUT2D eigenvalue weighted by molar-refractivity contribution is -0.147. The number of hydrogen-bond donors (Lipinski definition) is 0. The highest BCUT2D eigenvalue weighted by molar-refractivity contribution is 5.73. The van der Waals surface area contributed by atoms with E-state index in [2.05, 4.69) is 4.90 Å². The van der Waals surface area contributed by atoms with Gasteiger partial charge in [0.25, 0.3) is 0 Å². The molecule has 8 heteroatoms. The van der Waals surface area contributed by atoms with Crippen molar-refractivity contribution in [1.82, 2.24) is 9.80 Å². The highest BCUT2D eigenvalue weighted by Crippen LogP contribution is 2.16. The summed E-state index contributed by atoms with van der Waals surface area (Å²) < 4.78 is 14.8. The van der Waals surface area contributed by atoms with Gasteiger partial charge in [-0.15, -0.1) is 0 Å². The number of rotatable bonds is 11. The van der Waals surface area contributed by atoms with Crippen LogP contribution in [-0.4, -0.2) is 61.4 Å². The lowest BCUT2D eigenvalue weighted by Crippen LogP contribution is -2.49. The Morgan fingerprint density at radius 1 is 0.844 bits per heavy atom. The van der Waals surface area contributed by atoms with Gasteiger partial charge in [0.05, 0.1) is 26.7 Å². The Hall–Kier alpha value is -3.39. The number of hydrogen-bond acceptors (Lipinski definition) is 7. The fourth-order valence-corrected chi connectivity index (χ4v) is 3.30. The number of esters is 2. The Kier molecular flexibility index (Phi) is 10.2. The molecule has 32 heavy (non-hydrogen) atoms. The molecule has 0 aliphatic rings. The molecule has 0 aromatic heterocycles. The van der Waals surface area contributed by atoms with Gasteiger partial charge in [-0.05, 0) is 11.1 Å². The Labute approximate surface area is 188 Å². The molecule has 0 heterocycles. The number of ether oxygens (including phenoxy) is 3. The van der Waals surface area contributed by atoms with Gasteiger partial charge >= 0.3 is 18.0 Å². The lowest BCUT2D eigenvalue weighted by atomic mass is 10.1. The van der Waals surface area contributed by atoms with Crippen molar-refractivity contribution >= 4 is 18.0 Å². The largest absolute Gasteiger partial charge is 0.469 e. The third-order valence-electron chi connectivity index (χ3n) is 4.85. The zero-order chi connectivity index (χ0) is 23.3. The zero-order valence-corrected chi connectivity index (χ0v) is 18.7. The summed E-state index contributed by atoms with van der Waals surface area (Å²) in [5.41, 5.74) is 2.18. The third-order valence-corrected chi connectivity index (χ3v) is 4.85. The highest BCUT2D eigenvalue weighted by Gasteiger charge is 2.30. The first-order valence-corrected chi connectivity index (χ1v) is 10.3. The predicted molar refractivity (Wildman–Crippen MR) is 118 cm³/mol. The number of methoxy groups -OCH3 is 2. The maximum absolute atomic E-state index is 12.5. The minimum atomic E-state index is -0.695. The first-order valence-electron chi connectivity index (χ1n) is 10.3. The van der Waals surface area contributed by atoms with Gasteiger partial charge in [-0.25, -0.2) is 4.79 Å². The van der Waals surface area contributed by atoms with Gasteiger partial charge in [-0.2, -0.15) is 0 Å². The SMILES string of the molecule is COC(=O)C[C@@H](CN(Cc1ccccc1)Cc1ccccc1)N(COC(C)=O)C(=O)OC. The van der Waals surface area contributed by atoms with E-state index in [1.54, 1.807) is 0 Å². The average molecular weight is 443 g/mol. The maximum atomic E-state index is 12.5. The van der Waals surface area contributed by atoms with E-state index in [9.17, 15) is 14.4 Å². The van der Waals surface area contributed by atoms with E-state index in [0.29, 0.717) is 19.6 Å². The van der Waals surface area contributed by atoms with Crippen molar-refractivity contribution in [1.29, 1.82) is 0 Å². The Balaban J connectivity index is 2.31. The van der Waals surface area contributed by atoms with Crippen LogP contribution in [0.5, 0.6) is 0 Å². The second kappa shape index (κ2) is 13.1. The van der Waals surface area contributed by atoms with Gasteiger partial charge in [0, 0.05) is 26.6 Å². The van der Waals surface area contributed by atoms with E-state index in [1.807, 2.05) is 60.7 Å². The van der Waals surface area contributed by atoms with Crippen LogP contribution in [-0.2, 0) is 36.9 Å². The molecule has 0 saturated carbocycles. The molecular formula is C24H30N2O6. The number of nitrogens with zero attached hydrogens (tertiary/aromatic N) is 2. The van der Waals surface area contributed by atoms with Crippen molar-refractivity contribution in [2.24, 2.45) is 0 Å². The molecular weight excluding hydrogens is 412 g/mol. The second-order valence-corrected chi connectivity index (χ2v) is 7.28. The summed E-state index contributed by atoms with van der Waals surface area (Å²) in [7, 11) is 2.53. The van der Waals surface area contributed by atoms with Gasteiger partial charge in [0.15, 0.2) is 6.73 Å². The zero-order valence-electron chi connectivity index (χ0n) is 18.7. The molecule has 1 amide bonds. The second-order valence-electron chi connectivity index (χ2n) is 7.28. The minimum absolute atomic E-state index is 0.0764. The minimum Gasteiger partial charge on any atom is -0.469 e. The molecule has 0 aliphatic carbocycles. The van der Waals surface area contributed by atoms with E-state index in [4.69, 9.17) is 14.2 Å². The Morgan fingerprint density at radius 2 is 1.38 bits per heavy atom. The van der Waals surface area contributed by atoms with Gasteiger partial charge < -0.3 is 14.2 Å². The van der Waals surface area contributed by atoms with Crippen LogP contribution in [0.3, 0.4) is 0 Å². The summed E-state index contributed by atoms with van der Waals surface area (Å²) in [5, 5.41) is 0. The summed E-state index contributed by atoms with van der Waals surface area (Å²) in [6, 6.07) is 19.2. The third kappa shape index (κ3) is 8.39. The molecule has 8 nitrogen and oxygen atoms in total. The molecule has 0 fully saturated rings. The van der Waals surface area contributed by atoms with Crippen molar-refractivity contribution in [2.75, 3.05) is 27.5 Å². The van der Waals surface area contributed by atoms with Crippen LogP contribution < -0.4 is 0 Å².